The number of para-hydroxylation sites is 1. The standard InChI is InChI=1S/C21H20FN3O3S/c22-14-7-9-15(10-8-14)23-19(26)13-29-21-24-18-6-2-1-5-17(18)20(27)25(21)12-16-4-3-11-28-16/h1-2,5-10,16H,3-4,11-13H2,(H,23,26)/t16-/m1/s1. The van der Waals surface area contributed by atoms with Crippen LogP contribution in [0.25, 0.3) is 10.9 Å². The predicted octanol–water partition coefficient (Wildman–Crippen LogP) is 3.45. The molecule has 8 heteroatoms. The van der Waals surface area contributed by atoms with Crippen LogP contribution in [-0.4, -0.2) is 33.9 Å². The Balaban J connectivity index is 1.55. The van der Waals surface area contributed by atoms with Crippen molar-refractivity contribution in [3.63, 3.8) is 0 Å². The third kappa shape index (κ3) is 4.65. The zero-order valence-electron chi connectivity index (χ0n) is 15.6. The van der Waals surface area contributed by atoms with Crippen LogP contribution in [0.15, 0.2) is 58.5 Å². The Labute approximate surface area is 171 Å². The molecule has 1 aliphatic heterocycles. The maximum absolute atomic E-state index is 13.0. The molecular weight excluding hydrogens is 393 g/mol. The number of anilines is 1. The van der Waals surface area contributed by atoms with Gasteiger partial charge in [0.15, 0.2) is 5.16 Å². The fourth-order valence-electron chi connectivity index (χ4n) is 3.27. The molecule has 0 saturated carbocycles. The molecule has 0 unspecified atom stereocenters. The van der Waals surface area contributed by atoms with Gasteiger partial charge in [0.05, 0.1) is 29.3 Å². The summed E-state index contributed by atoms with van der Waals surface area (Å²) in [5, 5.41) is 3.75. The van der Waals surface area contributed by atoms with E-state index in [1.165, 1.54) is 36.0 Å². The van der Waals surface area contributed by atoms with Crippen molar-refractivity contribution >= 4 is 34.3 Å². The molecule has 4 rings (SSSR count). The number of nitrogens with one attached hydrogen (secondary N) is 1. The number of carbonyl (C=O) groups excluding carboxylic acids is 1. The van der Waals surface area contributed by atoms with E-state index in [2.05, 4.69) is 10.3 Å². The number of ether oxygens (including phenoxy) is 1. The Morgan fingerprint density at radius 1 is 1.24 bits per heavy atom. The Morgan fingerprint density at radius 3 is 2.79 bits per heavy atom. The molecule has 150 valence electrons. The summed E-state index contributed by atoms with van der Waals surface area (Å²) in [5.74, 6) is -0.545. The highest BCUT2D eigenvalue weighted by Gasteiger charge is 2.20. The van der Waals surface area contributed by atoms with Crippen LogP contribution in [0.1, 0.15) is 12.8 Å². The Kier molecular flexibility index (Phi) is 5.92. The second-order valence-electron chi connectivity index (χ2n) is 6.81. The highest BCUT2D eigenvalue weighted by molar-refractivity contribution is 7.99. The van der Waals surface area contributed by atoms with Crippen LogP contribution in [0.2, 0.25) is 0 Å². The molecule has 1 N–H and O–H groups in total. The second kappa shape index (κ2) is 8.75. The summed E-state index contributed by atoms with van der Waals surface area (Å²) < 4.78 is 20.3. The molecule has 6 nitrogen and oxygen atoms in total. The number of hydrogen-bond acceptors (Lipinski definition) is 5. The first kappa shape index (κ1) is 19.6. The zero-order chi connectivity index (χ0) is 20.2. The zero-order valence-corrected chi connectivity index (χ0v) is 16.5. The van der Waals surface area contributed by atoms with E-state index in [9.17, 15) is 14.0 Å². The van der Waals surface area contributed by atoms with E-state index in [-0.39, 0.29) is 29.1 Å². The number of thioether (sulfide) groups is 1. The van der Waals surface area contributed by atoms with Crippen molar-refractivity contribution in [3.8, 4) is 0 Å². The number of fused-ring (bicyclic) bond motifs is 1. The topological polar surface area (TPSA) is 73.2 Å². The average molecular weight is 413 g/mol. The molecule has 0 spiro atoms. The van der Waals surface area contributed by atoms with Crippen LogP contribution < -0.4 is 10.9 Å². The lowest BCUT2D eigenvalue weighted by atomic mass is 10.2. The summed E-state index contributed by atoms with van der Waals surface area (Å²) in [6, 6.07) is 12.8. The van der Waals surface area contributed by atoms with Gasteiger partial charge >= 0.3 is 0 Å². The molecule has 29 heavy (non-hydrogen) atoms. The van der Waals surface area contributed by atoms with Crippen LogP contribution in [0.3, 0.4) is 0 Å². The van der Waals surface area contributed by atoms with Gasteiger partial charge in [-0.3, -0.25) is 14.2 Å². The Bertz CT molecular complexity index is 1080. The fourth-order valence-corrected chi connectivity index (χ4v) is 4.08. The summed E-state index contributed by atoms with van der Waals surface area (Å²) in [7, 11) is 0. The summed E-state index contributed by atoms with van der Waals surface area (Å²) >= 11 is 1.20. The minimum atomic E-state index is -0.365. The van der Waals surface area contributed by atoms with Gasteiger partial charge in [0.2, 0.25) is 5.91 Å². The largest absolute Gasteiger partial charge is 0.376 e. The molecule has 0 aliphatic carbocycles. The van der Waals surface area contributed by atoms with Crippen LogP contribution in [0.5, 0.6) is 0 Å². The van der Waals surface area contributed by atoms with Gasteiger partial charge < -0.3 is 10.1 Å². The van der Waals surface area contributed by atoms with Crippen LogP contribution in [0, 0.1) is 5.82 Å². The number of benzene rings is 2. The van der Waals surface area contributed by atoms with Crippen molar-refractivity contribution in [3.05, 3.63) is 64.7 Å². The number of carbonyl (C=O) groups is 1. The van der Waals surface area contributed by atoms with Gasteiger partial charge in [-0.05, 0) is 49.2 Å². The second-order valence-corrected chi connectivity index (χ2v) is 7.75. The average Bonchev–Trinajstić information content (AvgIpc) is 3.24. The van der Waals surface area contributed by atoms with Crippen molar-refractivity contribution in [2.75, 3.05) is 17.7 Å². The number of nitrogens with zero attached hydrogens (tertiary/aromatic N) is 2. The van der Waals surface area contributed by atoms with E-state index in [1.807, 2.05) is 12.1 Å². The highest BCUT2D eigenvalue weighted by Crippen LogP contribution is 2.21. The van der Waals surface area contributed by atoms with Gasteiger partial charge in [-0.1, -0.05) is 23.9 Å². The SMILES string of the molecule is O=C(CSc1nc2ccccc2c(=O)n1C[C@H]1CCCO1)Nc1ccc(F)cc1. The van der Waals surface area contributed by atoms with Crippen LogP contribution >= 0.6 is 11.8 Å². The predicted molar refractivity (Wildman–Crippen MR) is 111 cm³/mol. The lowest BCUT2D eigenvalue weighted by molar-refractivity contribution is -0.113. The van der Waals surface area contributed by atoms with Crippen LogP contribution in [0.4, 0.5) is 10.1 Å². The van der Waals surface area contributed by atoms with E-state index >= 15 is 0 Å². The van der Waals surface area contributed by atoms with Gasteiger partial charge in [-0.25, -0.2) is 9.37 Å². The molecule has 2 heterocycles. The van der Waals surface area contributed by atoms with Gasteiger partial charge in [0.1, 0.15) is 5.82 Å². The maximum Gasteiger partial charge on any atom is 0.262 e. The minimum Gasteiger partial charge on any atom is -0.376 e. The highest BCUT2D eigenvalue weighted by atomic mass is 32.2. The van der Waals surface area contributed by atoms with Gasteiger partial charge in [0, 0.05) is 12.3 Å². The van der Waals surface area contributed by atoms with E-state index in [0.29, 0.717) is 34.9 Å². The molecule has 2 aromatic carbocycles. The quantitative estimate of drug-likeness (QED) is 0.495. The van der Waals surface area contributed by atoms with Crippen molar-refractivity contribution < 1.29 is 13.9 Å². The molecule has 1 aliphatic rings. The molecule has 1 atom stereocenters. The van der Waals surface area contributed by atoms with Crippen molar-refractivity contribution in [2.45, 2.75) is 30.6 Å². The molecule has 0 radical (unpaired) electrons. The van der Waals surface area contributed by atoms with E-state index in [0.717, 1.165) is 12.8 Å². The van der Waals surface area contributed by atoms with E-state index in [4.69, 9.17) is 4.74 Å². The Morgan fingerprint density at radius 2 is 2.03 bits per heavy atom. The summed E-state index contributed by atoms with van der Waals surface area (Å²) in [6.45, 7) is 1.11. The van der Waals surface area contributed by atoms with Gasteiger partial charge in [0.25, 0.3) is 5.56 Å². The van der Waals surface area contributed by atoms with Crippen molar-refractivity contribution in [1.82, 2.24) is 9.55 Å². The molecule has 3 aromatic rings. The third-order valence-electron chi connectivity index (χ3n) is 4.70. The maximum atomic E-state index is 13.0. The smallest absolute Gasteiger partial charge is 0.262 e. The molecule has 1 amide bonds. The molecule has 0 bridgehead atoms. The lowest BCUT2D eigenvalue weighted by Gasteiger charge is -2.16. The molecular formula is C21H20FN3O3S. The third-order valence-corrected chi connectivity index (χ3v) is 5.67. The number of amides is 1. The van der Waals surface area contributed by atoms with Gasteiger partial charge in [-0.2, -0.15) is 0 Å². The normalized spacial score (nSPS) is 16.2. The van der Waals surface area contributed by atoms with Crippen molar-refractivity contribution in [1.29, 1.82) is 0 Å². The summed E-state index contributed by atoms with van der Waals surface area (Å²) in [5.41, 5.74) is 0.982. The first-order valence-electron chi connectivity index (χ1n) is 9.39. The van der Waals surface area contributed by atoms with Crippen LogP contribution in [-0.2, 0) is 16.1 Å². The van der Waals surface area contributed by atoms with Crippen molar-refractivity contribution in [2.24, 2.45) is 0 Å². The molecule has 1 saturated heterocycles. The number of hydrogen-bond donors (Lipinski definition) is 1. The number of halogens is 1. The van der Waals surface area contributed by atoms with Gasteiger partial charge in [-0.15, -0.1) is 0 Å². The summed E-state index contributed by atoms with van der Waals surface area (Å²) in [6.07, 6.45) is 1.85. The minimum absolute atomic E-state index is 0.0250. The molecule has 1 fully saturated rings. The first-order chi connectivity index (χ1) is 14.1. The van der Waals surface area contributed by atoms with E-state index < -0.39 is 0 Å². The monoisotopic (exact) mass is 413 g/mol. The number of rotatable bonds is 6. The number of aromatic nitrogens is 2. The fraction of sp³-hybridized carbons (Fsp3) is 0.286. The summed E-state index contributed by atoms with van der Waals surface area (Å²) in [4.78, 5) is 29.9. The first-order valence-corrected chi connectivity index (χ1v) is 10.4. The van der Waals surface area contributed by atoms with E-state index in [1.54, 1.807) is 16.7 Å². The Hall–Kier alpha value is -2.71. The lowest BCUT2D eigenvalue weighted by Crippen LogP contribution is -2.29. The molecule has 1 aromatic heterocycles.